The Morgan fingerprint density at radius 1 is 1.75 bits per heavy atom. The van der Waals surface area contributed by atoms with Crippen LogP contribution in [0.4, 0.5) is 0 Å². The van der Waals surface area contributed by atoms with Crippen molar-refractivity contribution in [3.63, 3.8) is 0 Å². The van der Waals surface area contributed by atoms with Gasteiger partial charge in [0.1, 0.15) is 5.76 Å². The van der Waals surface area contributed by atoms with E-state index in [2.05, 4.69) is 28.9 Å². The third kappa shape index (κ3) is 1.45. The van der Waals surface area contributed by atoms with Crippen molar-refractivity contribution in [3.05, 3.63) is 24.2 Å². The predicted molar refractivity (Wildman–Crippen MR) is 52.4 cm³/mol. The number of hydrogen-bond acceptors (Lipinski definition) is 1. The summed E-state index contributed by atoms with van der Waals surface area (Å²) in [5.74, 6) is 1.98. The Labute approximate surface area is 81.3 Å². The van der Waals surface area contributed by atoms with Gasteiger partial charge in [0.2, 0.25) is 0 Å². The van der Waals surface area contributed by atoms with Crippen molar-refractivity contribution < 1.29 is 4.42 Å². The number of alkyl halides is 1. The number of furan rings is 1. The van der Waals surface area contributed by atoms with E-state index in [9.17, 15) is 0 Å². The van der Waals surface area contributed by atoms with Crippen LogP contribution in [-0.4, -0.2) is 5.33 Å². The Morgan fingerprint density at radius 2 is 2.58 bits per heavy atom. The highest BCUT2D eigenvalue weighted by molar-refractivity contribution is 9.09. The topological polar surface area (TPSA) is 13.1 Å². The monoisotopic (exact) mass is 228 g/mol. The second-order valence-corrected chi connectivity index (χ2v) is 4.61. The zero-order valence-electron chi connectivity index (χ0n) is 7.22. The van der Waals surface area contributed by atoms with E-state index in [1.54, 1.807) is 6.26 Å². The van der Waals surface area contributed by atoms with Crippen molar-refractivity contribution in [2.75, 3.05) is 5.33 Å². The molecular weight excluding hydrogens is 216 g/mol. The molecule has 2 heteroatoms. The molecule has 0 aromatic carbocycles. The van der Waals surface area contributed by atoms with Crippen molar-refractivity contribution in [2.24, 2.45) is 11.3 Å². The van der Waals surface area contributed by atoms with Crippen LogP contribution in [0.2, 0.25) is 0 Å². The molecule has 1 heterocycles. The Morgan fingerprint density at radius 3 is 3.08 bits per heavy atom. The molecule has 66 valence electrons. The number of hydrogen-bond donors (Lipinski definition) is 0. The maximum atomic E-state index is 5.33. The summed E-state index contributed by atoms with van der Waals surface area (Å²) in [4.78, 5) is 0. The molecule has 2 atom stereocenters. The molecule has 1 fully saturated rings. The molecule has 0 aliphatic heterocycles. The van der Waals surface area contributed by atoms with Gasteiger partial charge in [-0.2, -0.15) is 0 Å². The number of halogens is 1. The van der Waals surface area contributed by atoms with Crippen LogP contribution in [0.5, 0.6) is 0 Å². The summed E-state index contributed by atoms with van der Waals surface area (Å²) < 4.78 is 5.33. The fourth-order valence-electron chi connectivity index (χ4n) is 1.77. The summed E-state index contributed by atoms with van der Waals surface area (Å²) in [6, 6.07) is 4.03. The van der Waals surface area contributed by atoms with Gasteiger partial charge in [-0.3, -0.25) is 0 Å². The molecule has 1 aliphatic rings. The summed E-state index contributed by atoms with van der Waals surface area (Å²) >= 11 is 3.53. The molecule has 0 N–H and O–H groups in total. The third-order valence-electron chi connectivity index (χ3n) is 2.88. The summed E-state index contributed by atoms with van der Waals surface area (Å²) in [5.41, 5.74) is 0.501. The van der Waals surface area contributed by atoms with Gasteiger partial charge in [0.05, 0.1) is 6.26 Å². The minimum Gasteiger partial charge on any atom is -0.469 e. The van der Waals surface area contributed by atoms with Crippen LogP contribution in [0.15, 0.2) is 22.8 Å². The lowest BCUT2D eigenvalue weighted by molar-refractivity contribution is 0.429. The van der Waals surface area contributed by atoms with Crippen LogP contribution in [-0.2, 0) is 6.42 Å². The molecule has 1 aliphatic carbocycles. The first kappa shape index (κ1) is 8.36. The molecular formula is C10H13BrO. The van der Waals surface area contributed by atoms with Crippen LogP contribution in [0.3, 0.4) is 0 Å². The SMILES string of the molecule is CC1(Cc2ccco2)CC1CBr. The molecule has 0 amide bonds. The minimum atomic E-state index is 0.501. The standard InChI is InChI=1S/C10H13BrO/c1-10(5-8(10)7-11)6-9-3-2-4-12-9/h2-4,8H,5-7H2,1H3. The highest BCUT2D eigenvalue weighted by Gasteiger charge is 2.49. The maximum absolute atomic E-state index is 5.33. The van der Waals surface area contributed by atoms with E-state index in [0.717, 1.165) is 23.4 Å². The molecule has 0 spiro atoms. The van der Waals surface area contributed by atoms with E-state index in [1.807, 2.05) is 6.07 Å². The van der Waals surface area contributed by atoms with Crippen molar-refractivity contribution in [3.8, 4) is 0 Å². The quantitative estimate of drug-likeness (QED) is 0.725. The van der Waals surface area contributed by atoms with Crippen LogP contribution < -0.4 is 0 Å². The van der Waals surface area contributed by atoms with Crippen LogP contribution in [0, 0.1) is 11.3 Å². The molecule has 1 aromatic rings. The molecule has 0 saturated heterocycles. The average molecular weight is 229 g/mol. The van der Waals surface area contributed by atoms with Gasteiger partial charge < -0.3 is 4.42 Å². The van der Waals surface area contributed by atoms with Crippen LogP contribution in [0.25, 0.3) is 0 Å². The van der Waals surface area contributed by atoms with E-state index >= 15 is 0 Å². The number of rotatable bonds is 3. The van der Waals surface area contributed by atoms with Gasteiger partial charge in [0, 0.05) is 11.8 Å². The lowest BCUT2D eigenvalue weighted by atomic mass is 10.0. The summed E-state index contributed by atoms with van der Waals surface area (Å²) in [5, 5.41) is 1.13. The molecule has 2 rings (SSSR count). The molecule has 1 saturated carbocycles. The molecule has 0 bridgehead atoms. The normalized spacial score (nSPS) is 33.7. The Kier molecular flexibility index (Phi) is 2.03. The lowest BCUT2D eigenvalue weighted by Gasteiger charge is -2.06. The second kappa shape index (κ2) is 2.91. The van der Waals surface area contributed by atoms with Gasteiger partial charge in [-0.15, -0.1) is 0 Å². The predicted octanol–water partition coefficient (Wildman–Crippen LogP) is 3.24. The highest BCUT2D eigenvalue weighted by atomic mass is 79.9. The first-order valence-electron chi connectivity index (χ1n) is 4.33. The van der Waals surface area contributed by atoms with E-state index in [4.69, 9.17) is 4.42 Å². The molecule has 1 aromatic heterocycles. The summed E-state index contributed by atoms with van der Waals surface area (Å²) in [6.45, 7) is 2.33. The van der Waals surface area contributed by atoms with Gasteiger partial charge in [0.15, 0.2) is 0 Å². The fourth-order valence-corrected chi connectivity index (χ4v) is 2.78. The van der Waals surface area contributed by atoms with Crippen LogP contribution >= 0.6 is 15.9 Å². The average Bonchev–Trinajstić information content (AvgIpc) is 2.48. The third-order valence-corrected chi connectivity index (χ3v) is 3.66. The van der Waals surface area contributed by atoms with Crippen LogP contribution in [0.1, 0.15) is 19.1 Å². The minimum absolute atomic E-state index is 0.501. The Hall–Kier alpha value is -0.240. The molecule has 1 nitrogen and oxygen atoms in total. The highest BCUT2D eigenvalue weighted by Crippen LogP contribution is 2.55. The second-order valence-electron chi connectivity index (χ2n) is 3.97. The fraction of sp³-hybridized carbons (Fsp3) is 0.600. The lowest BCUT2D eigenvalue weighted by Crippen LogP contribution is -2.02. The zero-order valence-corrected chi connectivity index (χ0v) is 8.80. The van der Waals surface area contributed by atoms with Gasteiger partial charge in [0.25, 0.3) is 0 Å². The van der Waals surface area contributed by atoms with Crippen molar-refractivity contribution in [2.45, 2.75) is 19.8 Å². The molecule has 2 unspecified atom stereocenters. The summed E-state index contributed by atoms with van der Waals surface area (Å²) in [6.07, 6.45) is 4.18. The Balaban J connectivity index is 1.97. The Bertz CT molecular complexity index is 255. The molecule has 12 heavy (non-hydrogen) atoms. The van der Waals surface area contributed by atoms with Gasteiger partial charge in [-0.25, -0.2) is 0 Å². The van der Waals surface area contributed by atoms with E-state index in [1.165, 1.54) is 6.42 Å². The van der Waals surface area contributed by atoms with Gasteiger partial charge >= 0.3 is 0 Å². The van der Waals surface area contributed by atoms with E-state index in [-0.39, 0.29) is 0 Å². The van der Waals surface area contributed by atoms with Crippen molar-refractivity contribution in [1.82, 2.24) is 0 Å². The van der Waals surface area contributed by atoms with Crippen molar-refractivity contribution >= 4 is 15.9 Å². The first-order chi connectivity index (χ1) is 5.74. The maximum Gasteiger partial charge on any atom is 0.104 e. The smallest absolute Gasteiger partial charge is 0.104 e. The van der Waals surface area contributed by atoms with Gasteiger partial charge in [-0.1, -0.05) is 22.9 Å². The van der Waals surface area contributed by atoms with E-state index < -0.39 is 0 Å². The molecule has 0 radical (unpaired) electrons. The zero-order chi connectivity index (χ0) is 8.60. The largest absolute Gasteiger partial charge is 0.469 e. The van der Waals surface area contributed by atoms with Crippen molar-refractivity contribution in [1.29, 1.82) is 0 Å². The first-order valence-corrected chi connectivity index (χ1v) is 5.45. The van der Waals surface area contributed by atoms with E-state index in [0.29, 0.717) is 5.41 Å². The summed E-state index contributed by atoms with van der Waals surface area (Å²) in [7, 11) is 0. The van der Waals surface area contributed by atoms with Gasteiger partial charge in [-0.05, 0) is 29.9 Å².